The fourth-order valence-electron chi connectivity index (χ4n) is 3.70. The average molecular weight is 464 g/mol. The summed E-state index contributed by atoms with van der Waals surface area (Å²) in [5.74, 6) is 0.131. The van der Waals surface area contributed by atoms with Gasteiger partial charge in [-0.05, 0) is 43.7 Å². The van der Waals surface area contributed by atoms with Crippen LogP contribution in [0, 0.1) is 13.8 Å². The number of thioether (sulfide) groups is 1. The third-order valence-corrected chi connectivity index (χ3v) is 8.37. The fraction of sp³-hybridized carbons (Fsp3) is 0.333. The molecule has 6 nitrogen and oxygen atoms in total. The van der Waals surface area contributed by atoms with Crippen molar-refractivity contribution < 1.29 is 13.2 Å². The number of carbonyl (C=O) groups is 1. The van der Waals surface area contributed by atoms with Crippen LogP contribution in [0.1, 0.15) is 11.1 Å². The smallest absolute Gasteiger partial charge is 0.234 e. The Morgan fingerprint density at radius 1 is 1.20 bits per heavy atom. The monoisotopic (exact) mass is 463 g/mol. The molecular formula is C21H22ClN3O3S2. The van der Waals surface area contributed by atoms with Gasteiger partial charge in [-0.2, -0.15) is 0 Å². The molecule has 0 aliphatic carbocycles. The SMILES string of the molecule is Cc1ccc(N2C(SCC(=O)Nc3cccc(Cl)c3C)=NC3CS(=O)(=O)CC32)cc1. The minimum absolute atomic E-state index is 0.0536. The molecule has 30 heavy (non-hydrogen) atoms. The van der Waals surface area contributed by atoms with Gasteiger partial charge in [0.05, 0.1) is 29.3 Å². The first-order valence-electron chi connectivity index (χ1n) is 9.55. The Balaban J connectivity index is 1.51. The molecule has 2 aliphatic heterocycles. The number of benzene rings is 2. The lowest BCUT2D eigenvalue weighted by atomic mass is 10.1. The minimum atomic E-state index is -3.11. The van der Waals surface area contributed by atoms with Gasteiger partial charge in [0.2, 0.25) is 5.91 Å². The molecule has 1 amide bonds. The van der Waals surface area contributed by atoms with E-state index in [9.17, 15) is 13.2 Å². The molecule has 0 bridgehead atoms. The zero-order valence-electron chi connectivity index (χ0n) is 16.6. The van der Waals surface area contributed by atoms with Crippen LogP contribution in [-0.4, -0.2) is 48.8 Å². The van der Waals surface area contributed by atoms with Crippen LogP contribution >= 0.6 is 23.4 Å². The number of nitrogens with zero attached hydrogens (tertiary/aromatic N) is 2. The third kappa shape index (κ3) is 4.36. The van der Waals surface area contributed by atoms with Gasteiger partial charge >= 0.3 is 0 Å². The van der Waals surface area contributed by atoms with E-state index in [-0.39, 0.29) is 35.2 Å². The zero-order valence-corrected chi connectivity index (χ0v) is 19.0. The Hall–Kier alpha value is -2.03. The molecule has 1 saturated heterocycles. The van der Waals surface area contributed by atoms with E-state index in [1.54, 1.807) is 12.1 Å². The molecule has 2 aromatic carbocycles. The molecular weight excluding hydrogens is 442 g/mol. The maximum atomic E-state index is 12.5. The summed E-state index contributed by atoms with van der Waals surface area (Å²) in [5.41, 5.74) is 3.51. The molecule has 1 N–H and O–H groups in total. The van der Waals surface area contributed by atoms with Crippen LogP contribution in [0.25, 0.3) is 0 Å². The predicted octanol–water partition coefficient (Wildman–Crippen LogP) is 3.67. The molecule has 0 spiro atoms. The lowest BCUT2D eigenvalue weighted by Gasteiger charge is -2.26. The van der Waals surface area contributed by atoms with Gasteiger partial charge in [0.1, 0.15) is 0 Å². The number of carbonyl (C=O) groups excluding carboxylic acids is 1. The highest BCUT2D eigenvalue weighted by Gasteiger charge is 2.47. The molecule has 0 radical (unpaired) electrons. The van der Waals surface area contributed by atoms with Crippen LogP contribution in [0.2, 0.25) is 5.02 Å². The molecule has 2 unspecified atom stereocenters. The molecule has 9 heteroatoms. The summed E-state index contributed by atoms with van der Waals surface area (Å²) in [4.78, 5) is 19.2. The molecule has 2 aliphatic rings. The first-order chi connectivity index (χ1) is 14.2. The number of anilines is 2. The second-order valence-corrected chi connectivity index (χ2v) is 11.1. The van der Waals surface area contributed by atoms with E-state index in [1.807, 2.05) is 49.1 Å². The summed E-state index contributed by atoms with van der Waals surface area (Å²) in [5, 5.41) is 4.17. The molecule has 2 heterocycles. The van der Waals surface area contributed by atoms with Gasteiger partial charge in [-0.1, -0.05) is 47.1 Å². The Labute approximate surface area is 185 Å². The number of amidine groups is 1. The van der Waals surface area contributed by atoms with Gasteiger partial charge in [0.15, 0.2) is 15.0 Å². The number of halogens is 1. The predicted molar refractivity (Wildman–Crippen MR) is 125 cm³/mol. The molecule has 0 aromatic heterocycles. The van der Waals surface area contributed by atoms with E-state index in [2.05, 4.69) is 10.3 Å². The van der Waals surface area contributed by atoms with E-state index in [4.69, 9.17) is 11.6 Å². The standard InChI is InChI=1S/C21H22ClN3O3S2/c1-13-6-8-15(9-7-13)25-19-12-30(27,28)11-18(19)24-21(25)29-10-20(26)23-17-5-3-4-16(22)14(17)2/h3-9,18-19H,10-12H2,1-2H3,(H,23,26). The Morgan fingerprint density at radius 3 is 2.67 bits per heavy atom. The third-order valence-electron chi connectivity index (χ3n) is 5.29. The summed E-state index contributed by atoms with van der Waals surface area (Å²) >= 11 is 7.44. The van der Waals surface area contributed by atoms with Crippen molar-refractivity contribution in [2.75, 3.05) is 27.5 Å². The van der Waals surface area contributed by atoms with Crippen molar-refractivity contribution in [3.8, 4) is 0 Å². The zero-order chi connectivity index (χ0) is 21.5. The van der Waals surface area contributed by atoms with Crippen LogP contribution in [0.3, 0.4) is 0 Å². The van der Waals surface area contributed by atoms with Crippen molar-refractivity contribution in [3.63, 3.8) is 0 Å². The highest BCUT2D eigenvalue weighted by Crippen LogP contribution is 2.35. The van der Waals surface area contributed by atoms with Crippen molar-refractivity contribution in [1.29, 1.82) is 0 Å². The fourth-order valence-corrected chi connectivity index (χ4v) is 6.64. The molecule has 158 valence electrons. The topological polar surface area (TPSA) is 78.8 Å². The van der Waals surface area contributed by atoms with Crippen molar-refractivity contribution in [3.05, 3.63) is 58.6 Å². The van der Waals surface area contributed by atoms with Crippen LogP contribution in [0.4, 0.5) is 11.4 Å². The number of hydrogen-bond donors (Lipinski definition) is 1. The van der Waals surface area contributed by atoms with Crippen molar-refractivity contribution in [1.82, 2.24) is 0 Å². The molecule has 0 saturated carbocycles. The lowest BCUT2D eigenvalue weighted by Crippen LogP contribution is -2.39. The minimum Gasteiger partial charge on any atom is -0.325 e. The summed E-state index contributed by atoms with van der Waals surface area (Å²) in [6, 6.07) is 12.8. The second-order valence-electron chi connectivity index (χ2n) is 7.58. The number of nitrogens with one attached hydrogen (secondary N) is 1. The van der Waals surface area contributed by atoms with Crippen molar-refractivity contribution >= 4 is 55.6 Å². The molecule has 2 aromatic rings. The lowest BCUT2D eigenvalue weighted by molar-refractivity contribution is -0.113. The van der Waals surface area contributed by atoms with Gasteiger partial charge in [-0.3, -0.25) is 9.79 Å². The maximum absolute atomic E-state index is 12.5. The van der Waals surface area contributed by atoms with Crippen molar-refractivity contribution in [2.24, 2.45) is 4.99 Å². The van der Waals surface area contributed by atoms with Gasteiger partial charge in [0.25, 0.3) is 0 Å². The number of aliphatic imine (C=N–C) groups is 1. The summed E-state index contributed by atoms with van der Waals surface area (Å²) < 4.78 is 24.3. The van der Waals surface area contributed by atoms with E-state index in [0.717, 1.165) is 16.8 Å². The normalized spacial score (nSPS) is 22.0. The second kappa shape index (κ2) is 8.24. The summed E-state index contributed by atoms with van der Waals surface area (Å²) in [7, 11) is -3.11. The summed E-state index contributed by atoms with van der Waals surface area (Å²) in [6.07, 6.45) is 0. The van der Waals surface area contributed by atoms with Gasteiger partial charge in [0, 0.05) is 16.4 Å². The highest BCUT2D eigenvalue weighted by atomic mass is 35.5. The van der Waals surface area contributed by atoms with Crippen LogP contribution in [0.15, 0.2) is 47.5 Å². The van der Waals surface area contributed by atoms with Gasteiger partial charge in [-0.15, -0.1) is 0 Å². The molecule has 4 rings (SSSR count). The number of hydrogen-bond acceptors (Lipinski definition) is 6. The van der Waals surface area contributed by atoms with Gasteiger partial charge in [-0.25, -0.2) is 8.42 Å². The van der Waals surface area contributed by atoms with Gasteiger partial charge < -0.3 is 10.2 Å². The number of amides is 1. The Morgan fingerprint density at radius 2 is 1.93 bits per heavy atom. The Bertz CT molecular complexity index is 1120. The number of sulfone groups is 1. The molecule has 1 fully saturated rings. The van der Waals surface area contributed by atoms with E-state index in [0.29, 0.717) is 15.9 Å². The number of fused-ring (bicyclic) bond motifs is 1. The average Bonchev–Trinajstić information content (AvgIpc) is 3.16. The van der Waals surface area contributed by atoms with Crippen LogP contribution < -0.4 is 10.2 Å². The number of rotatable bonds is 4. The summed E-state index contributed by atoms with van der Waals surface area (Å²) in [6.45, 7) is 3.86. The Kier molecular flexibility index (Phi) is 5.83. The van der Waals surface area contributed by atoms with Crippen LogP contribution in [0.5, 0.6) is 0 Å². The van der Waals surface area contributed by atoms with E-state index < -0.39 is 9.84 Å². The molecule has 2 atom stereocenters. The first-order valence-corrected chi connectivity index (χ1v) is 12.7. The maximum Gasteiger partial charge on any atom is 0.234 e. The largest absolute Gasteiger partial charge is 0.325 e. The van der Waals surface area contributed by atoms with Crippen LogP contribution in [-0.2, 0) is 14.6 Å². The first kappa shape index (κ1) is 21.2. The van der Waals surface area contributed by atoms with E-state index >= 15 is 0 Å². The van der Waals surface area contributed by atoms with Crippen molar-refractivity contribution in [2.45, 2.75) is 25.9 Å². The highest BCUT2D eigenvalue weighted by molar-refractivity contribution is 8.14. The number of aryl methyl sites for hydroxylation is 1. The quantitative estimate of drug-likeness (QED) is 0.748. The van der Waals surface area contributed by atoms with E-state index in [1.165, 1.54) is 11.8 Å².